The Balaban J connectivity index is 1.58. The Morgan fingerprint density at radius 1 is 1.30 bits per heavy atom. The molecule has 1 aromatic rings. The van der Waals surface area contributed by atoms with Crippen LogP contribution in [-0.4, -0.2) is 57.5 Å². The number of pyridine rings is 1. The van der Waals surface area contributed by atoms with Gasteiger partial charge in [0.1, 0.15) is 11.1 Å². The molecule has 9 heteroatoms. The van der Waals surface area contributed by atoms with Gasteiger partial charge in [0.2, 0.25) is 10.0 Å². The van der Waals surface area contributed by atoms with Gasteiger partial charge in [0.15, 0.2) is 6.54 Å². The highest BCUT2D eigenvalue weighted by atomic mass is 32.2. The van der Waals surface area contributed by atoms with Crippen LogP contribution >= 0.6 is 0 Å². The number of hydrogen-bond donors (Lipinski definition) is 2. The van der Waals surface area contributed by atoms with Crippen molar-refractivity contribution in [3.8, 4) is 0 Å². The molecule has 1 aliphatic heterocycles. The zero-order valence-electron chi connectivity index (χ0n) is 12.7. The van der Waals surface area contributed by atoms with Crippen molar-refractivity contribution in [1.29, 1.82) is 0 Å². The highest BCUT2D eigenvalue weighted by Crippen LogP contribution is 2.18. The molecule has 0 bridgehead atoms. The zero-order chi connectivity index (χ0) is 16.3. The van der Waals surface area contributed by atoms with E-state index in [0.717, 1.165) is 12.8 Å². The predicted octanol–water partition coefficient (Wildman–Crippen LogP) is -0.788. The Kier molecular flexibility index (Phi) is 4.79. The summed E-state index contributed by atoms with van der Waals surface area (Å²) in [5.41, 5.74) is 0. The van der Waals surface area contributed by atoms with Crippen molar-refractivity contribution in [3.05, 3.63) is 18.3 Å². The summed E-state index contributed by atoms with van der Waals surface area (Å²) in [6, 6.07) is 3.48. The number of aromatic amines is 1. The quantitative estimate of drug-likeness (QED) is 0.706. The minimum atomic E-state index is -3.50. The molecule has 0 aromatic carbocycles. The van der Waals surface area contributed by atoms with E-state index in [0.29, 0.717) is 38.2 Å². The molecule has 0 spiro atoms. The van der Waals surface area contributed by atoms with Crippen LogP contribution in [0.4, 0.5) is 5.82 Å². The number of rotatable bonds is 6. The number of anilines is 1. The van der Waals surface area contributed by atoms with Gasteiger partial charge < -0.3 is 10.1 Å². The van der Waals surface area contributed by atoms with Crippen molar-refractivity contribution in [2.45, 2.75) is 23.8 Å². The maximum atomic E-state index is 12.5. The first-order chi connectivity index (χ1) is 11.1. The summed E-state index contributed by atoms with van der Waals surface area (Å²) in [6.07, 6.45) is 3.53. The topological polar surface area (TPSA) is 102 Å². The number of nitrogens with zero attached hydrogens (tertiary/aromatic N) is 1. The number of amides is 1. The average molecular weight is 341 g/mol. The number of nitrogens with one attached hydrogen (secondary N) is 3. The number of morpholine rings is 1. The number of carbonyl (C=O) groups is 1. The molecule has 1 saturated heterocycles. The molecule has 126 valence electrons. The van der Waals surface area contributed by atoms with Crippen LogP contribution in [0.1, 0.15) is 12.8 Å². The van der Waals surface area contributed by atoms with E-state index in [1.807, 2.05) is 0 Å². The smallest absolute Gasteiger partial charge is 0.272 e. The van der Waals surface area contributed by atoms with Crippen LogP contribution < -0.4 is 15.6 Å². The molecule has 3 N–H and O–H groups in total. The Labute approximate surface area is 135 Å². The van der Waals surface area contributed by atoms with E-state index in [1.54, 1.807) is 6.07 Å². The first-order valence-corrected chi connectivity index (χ1v) is 9.12. The van der Waals surface area contributed by atoms with E-state index in [2.05, 4.69) is 15.6 Å². The molecule has 1 aromatic heterocycles. The van der Waals surface area contributed by atoms with Gasteiger partial charge in [-0.15, -0.1) is 0 Å². The fourth-order valence-electron chi connectivity index (χ4n) is 2.30. The van der Waals surface area contributed by atoms with Gasteiger partial charge >= 0.3 is 0 Å². The molecule has 2 aliphatic rings. The zero-order valence-corrected chi connectivity index (χ0v) is 13.6. The molecule has 8 nitrogen and oxygen atoms in total. The maximum Gasteiger partial charge on any atom is 0.272 e. The van der Waals surface area contributed by atoms with Crippen molar-refractivity contribution in [2.75, 3.05) is 38.2 Å². The number of carbonyl (C=O) groups excluding carboxylic acids is 1. The molecule has 1 amide bonds. The van der Waals surface area contributed by atoms with Crippen LogP contribution in [0, 0.1) is 0 Å². The van der Waals surface area contributed by atoms with E-state index < -0.39 is 10.0 Å². The van der Waals surface area contributed by atoms with E-state index in [4.69, 9.17) is 4.74 Å². The summed E-state index contributed by atoms with van der Waals surface area (Å²) < 4.78 is 31.5. The second-order valence-electron chi connectivity index (χ2n) is 5.65. The SMILES string of the molecule is O=C(CNc1ccc(S(=O)(=O)N2CCOCC2)c[nH+]1)NC1CC1. The second-order valence-corrected chi connectivity index (χ2v) is 7.59. The van der Waals surface area contributed by atoms with Gasteiger partial charge in [-0.05, 0) is 18.9 Å². The average Bonchev–Trinajstić information content (AvgIpc) is 3.38. The first kappa shape index (κ1) is 16.2. The monoisotopic (exact) mass is 341 g/mol. The molecular formula is C14H21N4O4S+. The van der Waals surface area contributed by atoms with Crippen LogP contribution in [0.2, 0.25) is 0 Å². The maximum absolute atomic E-state index is 12.5. The minimum Gasteiger partial charge on any atom is -0.379 e. The van der Waals surface area contributed by atoms with Crippen molar-refractivity contribution >= 4 is 21.7 Å². The third kappa shape index (κ3) is 4.18. The lowest BCUT2D eigenvalue weighted by Gasteiger charge is -2.25. The van der Waals surface area contributed by atoms with Gasteiger partial charge in [-0.2, -0.15) is 4.31 Å². The third-order valence-corrected chi connectivity index (χ3v) is 5.67. The number of hydrogen-bond acceptors (Lipinski definition) is 5. The number of sulfonamides is 1. The summed E-state index contributed by atoms with van der Waals surface area (Å²) in [6.45, 7) is 1.72. The highest BCUT2D eigenvalue weighted by Gasteiger charge is 2.27. The van der Waals surface area contributed by atoms with E-state index in [1.165, 1.54) is 16.6 Å². The van der Waals surface area contributed by atoms with Gasteiger partial charge in [0.25, 0.3) is 11.7 Å². The Morgan fingerprint density at radius 2 is 2.04 bits per heavy atom. The molecule has 0 unspecified atom stereocenters. The fourth-order valence-corrected chi connectivity index (χ4v) is 3.67. The summed E-state index contributed by atoms with van der Waals surface area (Å²) in [5.74, 6) is 0.530. The second kappa shape index (κ2) is 6.81. The van der Waals surface area contributed by atoms with Crippen LogP contribution in [-0.2, 0) is 19.6 Å². The number of aromatic nitrogens is 1. The lowest BCUT2D eigenvalue weighted by atomic mass is 10.4. The lowest BCUT2D eigenvalue weighted by Crippen LogP contribution is -2.41. The van der Waals surface area contributed by atoms with E-state index >= 15 is 0 Å². The molecule has 2 heterocycles. The Morgan fingerprint density at radius 3 is 2.65 bits per heavy atom. The standard InChI is InChI=1S/C14H20N4O4S/c19-14(17-11-1-2-11)10-16-13-4-3-12(9-15-13)23(20,21)18-5-7-22-8-6-18/h3-4,9,11H,1-2,5-8,10H2,(H,15,16)(H,17,19)/p+1. The van der Waals surface area contributed by atoms with Gasteiger partial charge in [-0.25, -0.2) is 13.4 Å². The molecule has 0 atom stereocenters. The molecule has 2 fully saturated rings. The molecule has 1 aliphatic carbocycles. The number of ether oxygens (including phenoxy) is 1. The van der Waals surface area contributed by atoms with Gasteiger partial charge in [-0.1, -0.05) is 0 Å². The Hall–Kier alpha value is -1.71. The van der Waals surface area contributed by atoms with Gasteiger partial charge in [0.05, 0.1) is 13.2 Å². The van der Waals surface area contributed by atoms with Crippen molar-refractivity contribution in [2.24, 2.45) is 0 Å². The van der Waals surface area contributed by atoms with Crippen molar-refractivity contribution in [1.82, 2.24) is 9.62 Å². The predicted molar refractivity (Wildman–Crippen MR) is 82.2 cm³/mol. The molecular weight excluding hydrogens is 320 g/mol. The fraction of sp³-hybridized carbons (Fsp3) is 0.571. The first-order valence-electron chi connectivity index (χ1n) is 7.68. The Bertz CT molecular complexity index is 652. The largest absolute Gasteiger partial charge is 0.379 e. The van der Waals surface area contributed by atoms with Crippen LogP contribution in [0.5, 0.6) is 0 Å². The lowest BCUT2D eigenvalue weighted by molar-refractivity contribution is -0.364. The van der Waals surface area contributed by atoms with Crippen LogP contribution in [0.25, 0.3) is 0 Å². The molecule has 0 radical (unpaired) electrons. The number of H-pyrrole nitrogens is 1. The van der Waals surface area contributed by atoms with E-state index in [9.17, 15) is 13.2 Å². The minimum absolute atomic E-state index is 0.0640. The third-order valence-electron chi connectivity index (χ3n) is 3.77. The van der Waals surface area contributed by atoms with Gasteiger partial charge in [-0.3, -0.25) is 10.1 Å². The van der Waals surface area contributed by atoms with Gasteiger partial charge in [0, 0.05) is 25.2 Å². The van der Waals surface area contributed by atoms with E-state index in [-0.39, 0.29) is 17.3 Å². The summed E-state index contributed by atoms with van der Waals surface area (Å²) in [4.78, 5) is 14.7. The van der Waals surface area contributed by atoms with Crippen LogP contribution in [0.15, 0.2) is 23.2 Å². The van der Waals surface area contributed by atoms with Crippen molar-refractivity contribution in [3.63, 3.8) is 0 Å². The summed E-state index contributed by atoms with van der Waals surface area (Å²) >= 11 is 0. The van der Waals surface area contributed by atoms with Crippen LogP contribution in [0.3, 0.4) is 0 Å². The highest BCUT2D eigenvalue weighted by molar-refractivity contribution is 7.89. The normalized spacial score (nSPS) is 19.3. The summed E-state index contributed by atoms with van der Waals surface area (Å²) in [7, 11) is -3.50. The molecule has 1 saturated carbocycles. The van der Waals surface area contributed by atoms with Crippen molar-refractivity contribution < 1.29 is 22.9 Å². The molecule has 3 rings (SSSR count). The summed E-state index contributed by atoms with van der Waals surface area (Å²) in [5, 5.41) is 5.81. The molecule has 23 heavy (non-hydrogen) atoms.